The van der Waals surface area contributed by atoms with Gasteiger partial charge in [-0.1, -0.05) is 80.2 Å². The van der Waals surface area contributed by atoms with Crippen molar-refractivity contribution in [3.8, 4) is 22.3 Å². The standard InChI is InChI=1S/C23H24/c1-17(2)15-20-11-8-14-23(18(20)3)22-13-7-12-21(16-22)19-9-5-4-6-10-19/h4-14,16-17H,15H2,1-3H3/i1D3,2D3,4D,5D,6D,7D,9D,10D,12D,13D,15D2,16D,17D. The molecule has 0 saturated carbocycles. The molecule has 116 valence electrons. The van der Waals surface area contributed by atoms with Gasteiger partial charge in [-0.2, -0.15) is 0 Å². The van der Waals surface area contributed by atoms with E-state index < -0.39 is 103 Å². The SMILES string of the molecule is [2H]c1c([2H])c([2H])c(-c2c([2H])c([2H])c([2H])c(-c3cccc(C([2H])([2H])C([2H])(C([2H])([2H])[2H])C([2H])([2H])[2H])c3C)c2[2H])c([2H])c1[2H]. The van der Waals surface area contributed by atoms with Crippen molar-refractivity contribution in [2.75, 3.05) is 0 Å². The van der Waals surface area contributed by atoms with Crippen LogP contribution in [-0.4, -0.2) is 0 Å². The quantitative estimate of drug-likeness (QED) is 0.513. The van der Waals surface area contributed by atoms with Crippen LogP contribution in [0.5, 0.6) is 0 Å². The van der Waals surface area contributed by atoms with Crippen LogP contribution in [0.2, 0.25) is 0 Å². The van der Waals surface area contributed by atoms with E-state index in [1.165, 1.54) is 19.1 Å². The van der Waals surface area contributed by atoms with Gasteiger partial charge in [-0.05, 0) is 58.6 Å². The van der Waals surface area contributed by atoms with Gasteiger partial charge in [-0.3, -0.25) is 0 Å². The summed E-state index contributed by atoms with van der Waals surface area (Å²) in [6.07, 6.45) is -3.34. The molecule has 0 unspecified atom stereocenters. The molecular formula is C23H24. The highest BCUT2D eigenvalue weighted by molar-refractivity contribution is 5.75. The first-order valence-electron chi connectivity index (χ1n) is 15.7. The average Bonchev–Trinajstić information content (AvgIpc) is 2.86. The van der Waals surface area contributed by atoms with Crippen molar-refractivity contribution in [2.24, 2.45) is 5.89 Å². The minimum Gasteiger partial charge on any atom is -0.0625 e. The first-order valence-corrected chi connectivity index (χ1v) is 6.74. The third kappa shape index (κ3) is 3.53. The third-order valence-electron chi connectivity index (χ3n) is 3.24. The van der Waals surface area contributed by atoms with Gasteiger partial charge in [-0.15, -0.1) is 0 Å². The monoisotopic (exact) mass is 318 g/mol. The van der Waals surface area contributed by atoms with Gasteiger partial charge in [0.15, 0.2) is 0 Å². The van der Waals surface area contributed by atoms with E-state index in [0.29, 0.717) is 0 Å². The van der Waals surface area contributed by atoms with Crippen molar-refractivity contribution < 1.29 is 24.7 Å². The Hall–Kier alpha value is -2.34. The van der Waals surface area contributed by atoms with Crippen molar-refractivity contribution in [3.05, 3.63) is 83.7 Å². The minimum atomic E-state index is -3.64. The van der Waals surface area contributed by atoms with Crippen molar-refractivity contribution >= 4 is 0 Å². The molecule has 0 aromatic heterocycles. The zero-order valence-corrected chi connectivity index (χ0v) is 12.2. The van der Waals surface area contributed by atoms with E-state index in [2.05, 4.69) is 0 Å². The maximum Gasteiger partial charge on any atom is 0.0636 e. The topological polar surface area (TPSA) is 0 Å². The number of hydrogen-bond acceptors (Lipinski definition) is 0. The van der Waals surface area contributed by atoms with Crippen LogP contribution in [0.4, 0.5) is 0 Å². The van der Waals surface area contributed by atoms with Crippen LogP contribution < -0.4 is 0 Å². The van der Waals surface area contributed by atoms with Crippen molar-refractivity contribution in [1.82, 2.24) is 0 Å². The van der Waals surface area contributed by atoms with E-state index in [0.717, 1.165) is 6.07 Å². The van der Waals surface area contributed by atoms with Gasteiger partial charge >= 0.3 is 0 Å². The Labute approximate surface area is 165 Å². The largest absolute Gasteiger partial charge is 0.0636 e. The van der Waals surface area contributed by atoms with Crippen LogP contribution in [-0.2, 0) is 6.37 Å². The molecule has 0 saturated heterocycles. The van der Waals surface area contributed by atoms with Crippen LogP contribution in [0.25, 0.3) is 22.3 Å². The lowest BCUT2D eigenvalue weighted by atomic mass is 9.91. The lowest BCUT2D eigenvalue weighted by Crippen LogP contribution is -1.98. The second kappa shape index (κ2) is 6.83. The number of benzene rings is 3. The summed E-state index contributed by atoms with van der Waals surface area (Å²) in [7, 11) is 0. The molecule has 0 aliphatic heterocycles. The molecule has 3 aromatic carbocycles. The molecule has 0 aliphatic rings. The Morgan fingerprint density at radius 3 is 2.52 bits per heavy atom. The van der Waals surface area contributed by atoms with Gasteiger partial charge in [0.25, 0.3) is 0 Å². The van der Waals surface area contributed by atoms with Crippen LogP contribution in [0.1, 0.15) is 49.5 Å². The Kier molecular flexibility index (Phi) is 1.43. The van der Waals surface area contributed by atoms with E-state index in [4.69, 9.17) is 24.7 Å². The van der Waals surface area contributed by atoms with Gasteiger partial charge in [0.05, 0.1) is 12.3 Å². The molecule has 0 aliphatic carbocycles. The molecule has 0 heteroatoms. The predicted octanol–water partition coefficient (Wildman–Crippen LogP) is 6.53. The Bertz CT molecular complexity index is 1500. The minimum absolute atomic E-state index is 0.137. The van der Waals surface area contributed by atoms with Crippen molar-refractivity contribution in [2.45, 2.75) is 27.0 Å². The van der Waals surface area contributed by atoms with E-state index in [-0.39, 0.29) is 11.1 Å². The van der Waals surface area contributed by atoms with E-state index in [9.17, 15) is 0 Å². The van der Waals surface area contributed by atoms with Crippen LogP contribution in [0.3, 0.4) is 0 Å². The fourth-order valence-corrected chi connectivity index (χ4v) is 2.15. The molecule has 0 heterocycles. The highest BCUT2D eigenvalue weighted by Crippen LogP contribution is 2.30. The summed E-state index contributed by atoms with van der Waals surface area (Å²) in [5.41, 5.74) is -2.34. The molecule has 0 nitrogen and oxygen atoms in total. The number of rotatable bonds is 4. The zero-order chi connectivity index (χ0) is 31.8. The summed E-state index contributed by atoms with van der Waals surface area (Å²) in [4.78, 5) is 0. The maximum absolute atomic E-state index is 8.86. The van der Waals surface area contributed by atoms with Crippen molar-refractivity contribution in [1.29, 1.82) is 0 Å². The lowest BCUT2D eigenvalue weighted by molar-refractivity contribution is 0.645. The highest BCUT2D eigenvalue weighted by Gasteiger charge is 2.08. The van der Waals surface area contributed by atoms with Crippen molar-refractivity contribution in [3.63, 3.8) is 0 Å². The smallest absolute Gasteiger partial charge is 0.0625 e. The lowest BCUT2D eigenvalue weighted by Gasteiger charge is -2.14. The zero-order valence-electron chi connectivity index (χ0n) is 30.2. The third-order valence-corrected chi connectivity index (χ3v) is 3.24. The van der Waals surface area contributed by atoms with E-state index >= 15 is 0 Å². The summed E-state index contributed by atoms with van der Waals surface area (Å²) in [6.45, 7) is -6.00. The summed E-state index contributed by atoms with van der Waals surface area (Å²) in [6, 6.07) is -3.11. The molecule has 3 aromatic rings. The molecule has 0 fully saturated rings. The molecule has 0 amide bonds. The molecule has 0 N–H and O–H groups in total. The summed E-state index contributed by atoms with van der Waals surface area (Å²) in [5.74, 6) is -3.64. The van der Waals surface area contributed by atoms with Gasteiger partial charge in [0.1, 0.15) is 0 Å². The maximum atomic E-state index is 8.86. The second-order valence-electron chi connectivity index (χ2n) is 4.73. The number of hydrogen-bond donors (Lipinski definition) is 0. The highest BCUT2D eigenvalue weighted by atomic mass is 14.1. The van der Waals surface area contributed by atoms with Gasteiger partial charge in [0.2, 0.25) is 0 Å². The van der Waals surface area contributed by atoms with Crippen LogP contribution in [0, 0.1) is 12.8 Å². The Balaban J connectivity index is 2.48. The molecular weight excluding hydrogens is 276 g/mol. The van der Waals surface area contributed by atoms with Gasteiger partial charge in [-0.25, -0.2) is 0 Å². The fraction of sp³-hybridized carbons (Fsp3) is 0.217. The Morgan fingerprint density at radius 2 is 1.74 bits per heavy atom. The summed E-state index contributed by atoms with van der Waals surface area (Å²) in [5, 5.41) is 0. The average molecular weight is 319 g/mol. The molecule has 23 heavy (non-hydrogen) atoms. The molecule has 0 spiro atoms. The summed E-state index contributed by atoms with van der Waals surface area (Å²) >= 11 is 0. The van der Waals surface area contributed by atoms with Gasteiger partial charge < -0.3 is 0 Å². The normalized spacial score (nSPS) is 24.4. The first-order chi connectivity index (χ1) is 18.5. The van der Waals surface area contributed by atoms with Gasteiger partial charge in [0, 0.05) is 12.3 Å². The molecule has 3 rings (SSSR count). The Morgan fingerprint density at radius 1 is 1.00 bits per heavy atom. The van der Waals surface area contributed by atoms with Crippen LogP contribution >= 0.6 is 0 Å². The second-order valence-corrected chi connectivity index (χ2v) is 4.73. The van der Waals surface area contributed by atoms with E-state index in [1.54, 1.807) is 0 Å². The summed E-state index contributed by atoms with van der Waals surface area (Å²) < 4.78 is 146. The predicted molar refractivity (Wildman–Crippen MR) is 101 cm³/mol. The first kappa shape index (κ1) is 4.83. The fourth-order valence-electron chi connectivity index (χ4n) is 2.15. The molecule has 0 atom stereocenters. The molecule has 0 radical (unpaired) electrons. The van der Waals surface area contributed by atoms with Crippen LogP contribution in [0.15, 0.2) is 72.6 Å². The molecule has 0 bridgehead atoms. The van der Waals surface area contributed by atoms with E-state index in [1.807, 2.05) is 0 Å².